The number of carbonyl (C=O) groups excluding carboxylic acids is 1. The van der Waals surface area contributed by atoms with E-state index in [-0.39, 0.29) is 17.6 Å². The van der Waals surface area contributed by atoms with Crippen LogP contribution in [-0.2, 0) is 0 Å². The normalized spacial score (nSPS) is 18.8. The van der Waals surface area contributed by atoms with E-state index in [0.29, 0.717) is 13.1 Å². The van der Waals surface area contributed by atoms with Gasteiger partial charge in [0, 0.05) is 30.9 Å². The molecule has 1 fully saturated rings. The summed E-state index contributed by atoms with van der Waals surface area (Å²) in [5, 5.41) is 0. The molecule has 1 aliphatic heterocycles. The van der Waals surface area contributed by atoms with Crippen molar-refractivity contribution < 1.29 is 9.21 Å². The molecule has 1 saturated heterocycles. The topological polar surface area (TPSA) is 72.1 Å². The predicted octanol–water partition coefficient (Wildman–Crippen LogP) is 1.40. The van der Waals surface area contributed by atoms with E-state index < -0.39 is 0 Å². The summed E-state index contributed by atoms with van der Waals surface area (Å²) in [6.45, 7) is 3.27. The van der Waals surface area contributed by atoms with Gasteiger partial charge in [0.25, 0.3) is 5.91 Å². The van der Waals surface area contributed by atoms with Gasteiger partial charge >= 0.3 is 0 Å². The zero-order valence-corrected chi connectivity index (χ0v) is 10.6. The van der Waals surface area contributed by atoms with E-state index in [2.05, 4.69) is 15.0 Å². The number of rotatable bonds is 2. The van der Waals surface area contributed by atoms with Crippen LogP contribution in [0.5, 0.6) is 0 Å². The first-order valence-electron chi connectivity index (χ1n) is 6.21. The Balaban J connectivity index is 1.72. The molecule has 0 spiro atoms. The maximum absolute atomic E-state index is 12.1. The van der Waals surface area contributed by atoms with Crippen molar-refractivity contribution in [1.29, 1.82) is 0 Å². The number of amides is 1. The predicted molar refractivity (Wildman–Crippen MR) is 66.5 cm³/mol. The summed E-state index contributed by atoms with van der Waals surface area (Å²) in [5.74, 6) is 1.18. The van der Waals surface area contributed by atoms with Gasteiger partial charge in [-0.05, 0) is 19.4 Å². The number of likely N-dealkylation sites (tertiary alicyclic amines) is 1. The molecule has 0 aliphatic carbocycles. The second-order valence-corrected chi connectivity index (χ2v) is 4.66. The molecule has 1 atom stereocenters. The summed E-state index contributed by atoms with van der Waals surface area (Å²) in [7, 11) is 0. The maximum atomic E-state index is 12.1. The number of oxazole rings is 1. The molecule has 2 aromatic rings. The van der Waals surface area contributed by atoms with Gasteiger partial charge in [0.05, 0.1) is 6.20 Å². The summed E-state index contributed by atoms with van der Waals surface area (Å²) >= 11 is 0. The van der Waals surface area contributed by atoms with Crippen molar-refractivity contribution in [2.75, 3.05) is 13.1 Å². The molecule has 3 heterocycles. The average molecular weight is 258 g/mol. The van der Waals surface area contributed by atoms with Crippen LogP contribution < -0.4 is 0 Å². The van der Waals surface area contributed by atoms with Crippen molar-refractivity contribution in [3.8, 4) is 0 Å². The van der Waals surface area contributed by atoms with Gasteiger partial charge in [0.15, 0.2) is 6.39 Å². The Morgan fingerprint density at radius 1 is 1.53 bits per heavy atom. The lowest BCUT2D eigenvalue weighted by Gasteiger charge is -2.14. The quantitative estimate of drug-likeness (QED) is 0.814. The van der Waals surface area contributed by atoms with Crippen LogP contribution in [0, 0.1) is 6.92 Å². The van der Waals surface area contributed by atoms with E-state index in [1.54, 1.807) is 11.1 Å². The number of nitrogens with zero attached hydrogens (tertiary/aromatic N) is 4. The molecule has 98 valence electrons. The van der Waals surface area contributed by atoms with E-state index in [9.17, 15) is 4.79 Å². The van der Waals surface area contributed by atoms with Crippen molar-refractivity contribution in [3.63, 3.8) is 0 Å². The van der Waals surface area contributed by atoms with Crippen LogP contribution in [0.4, 0.5) is 0 Å². The number of hydrogen-bond donors (Lipinski definition) is 0. The van der Waals surface area contributed by atoms with Crippen LogP contribution in [0.25, 0.3) is 0 Å². The van der Waals surface area contributed by atoms with Crippen molar-refractivity contribution in [2.45, 2.75) is 19.3 Å². The van der Waals surface area contributed by atoms with Crippen LogP contribution in [0.1, 0.15) is 34.4 Å². The van der Waals surface area contributed by atoms with Gasteiger partial charge in [-0.25, -0.2) is 15.0 Å². The van der Waals surface area contributed by atoms with Crippen molar-refractivity contribution in [2.24, 2.45) is 0 Å². The molecule has 3 rings (SSSR count). The van der Waals surface area contributed by atoms with E-state index in [1.807, 2.05) is 13.0 Å². The van der Waals surface area contributed by atoms with Gasteiger partial charge in [0.1, 0.15) is 5.82 Å². The Hall–Kier alpha value is -2.24. The fourth-order valence-corrected chi connectivity index (χ4v) is 2.30. The average Bonchev–Trinajstić information content (AvgIpc) is 3.10. The minimum atomic E-state index is -0.118. The molecule has 1 aliphatic rings. The van der Waals surface area contributed by atoms with Gasteiger partial charge in [-0.1, -0.05) is 0 Å². The first-order chi connectivity index (χ1) is 9.24. The summed E-state index contributed by atoms with van der Waals surface area (Å²) in [5.41, 5.74) is 0.949. The molecule has 6 nitrogen and oxygen atoms in total. The second kappa shape index (κ2) is 4.79. The summed E-state index contributed by atoms with van der Waals surface area (Å²) in [4.78, 5) is 26.3. The van der Waals surface area contributed by atoms with Crippen LogP contribution >= 0.6 is 0 Å². The summed E-state index contributed by atoms with van der Waals surface area (Å²) in [6.07, 6.45) is 5.35. The van der Waals surface area contributed by atoms with Crippen LogP contribution in [-0.4, -0.2) is 38.8 Å². The highest BCUT2D eigenvalue weighted by atomic mass is 16.3. The lowest BCUT2D eigenvalue weighted by atomic mass is 10.1. The Morgan fingerprint density at radius 3 is 3.16 bits per heavy atom. The van der Waals surface area contributed by atoms with Crippen LogP contribution in [0.2, 0.25) is 0 Å². The first-order valence-corrected chi connectivity index (χ1v) is 6.21. The summed E-state index contributed by atoms with van der Waals surface area (Å²) in [6, 6.07) is 1.87. The van der Waals surface area contributed by atoms with Crippen molar-refractivity contribution in [3.05, 3.63) is 42.1 Å². The molecule has 0 unspecified atom stereocenters. The first kappa shape index (κ1) is 11.8. The van der Waals surface area contributed by atoms with Gasteiger partial charge < -0.3 is 9.32 Å². The Morgan fingerprint density at radius 2 is 2.42 bits per heavy atom. The molecule has 19 heavy (non-hydrogen) atoms. The van der Waals surface area contributed by atoms with Crippen molar-refractivity contribution in [1.82, 2.24) is 19.9 Å². The third-order valence-electron chi connectivity index (χ3n) is 3.30. The van der Waals surface area contributed by atoms with Crippen LogP contribution in [0.15, 0.2) is 29.3 Å². The van der Waals surface area contributed by atoms with Crippen molar-refractivity contribution >= 4 is 5.91 Å². The van der Waals surface area contributed by atoms with Gasteiger partial charge in [0.2, 0.25) is 5.76 Å². The maximum Gasteiger partial charge on any atom is 0.291 e. The Labute approximate surface area is 110 Å². The monoisotopic (exact) mass is 258 g/mol. The molecular weight excluding hydrogens is 244 g/mol. The third kappa shape index (κ3) is 2.33. The van der Waals surface area contributed by atoms with Gasteiger partial charge in [-0.15, -0.1) is 0 Å². The zero-order valence-electron chi connectivity index (χ0n) is 10.6. The minimum absolute atomic E-state index is 0.118. The van der Waals surface area contributed by atoms with E-state index in [4.69, 9.17) is 4.42 Å². The van der Waals surface area contributed by atoms with E-state index >= 15 is 0 Å². The standard InChI is InChI=1S/C13H14N4O2/c1-9-2-4-15-12(16-9)10-3-5-17(7-10)13(18)11-6-14-8-19-11/h2,4,6,8,10H,3,5,7H2,1H3/t10-/m0/s1. The zero-order chi connectivity index (χ0) is 13.2. The summed E-state index contributed by atoms with van der Waals surface area (Å²) < 4.78 is 5.03. The van der Waals surface area contributed by atoms with Gasteiger partial charge in [-0.2, -0.15) is 0 Å². The molecule has 0 saturated carbocycles. The third-order valence-corrected chi connectivity index (χ3v) is 3.30. The largest absolute Gasteiger partial charge is 0.438 e. The highest BCUT2D eigenvalue weighted by molar-refractivity contribution is 5.91. The number of hydrogen-bond acceptors (Lipinski definition) is 5. The second-order valence-electron chi connectivity index (χ2n) is 4.66. The minimum Gasteiger partial charge on any atom is -0.438 e. The lowest BCUT2D eigenvalue weighted by Crippen LogP contribution is -2.28. The number of carbonyl (C=O) groups is 1. The SMILES string of the molecule is Cc1ccnc([C@H]2CCN(C(=O)c3cnco3)C2)n1. The molecule has 0 radical (unpaired) electrons. The van der Waals surface area contributed by atoms with E-state index in [1.165, 1.54) is 12.6 Å². The molecule has 0 N–H and O–H groups in total. The molecule has 1 amide bonds. The molecule has 6 heteroatoms. The molecule has 0 bridgehead atoms. The highest BCUT2D eigenvalue weighted by Gasteiger charge is 2.30. The van der Waals surface area contributed by atoms with Gasteiger partial charge in [-0.3, -0.25) is 4.79 Å². The van der Waals surface area contributed by atoms with Crippen LogP contribution in [0.3, 0.4) is 0 Å². The Bertz CT molecular complexity index is 582. The number of aryl methyl sites for hydroxylation is 1. The smallest absolute Gasteiger partial charge is 0.291 e. The lowest BCUT2D eigenvalue weighted by molar-refractivity contribution is 0.0759. The molecule has 2 aromatic heterocycles. The molecular formula is C13H14N4O2. The highest BCUT2D eigenvalue weighted by Crippen LogP contribution is 2.25. The fraction of sp³-hybridized carbons (Fsp3) is 0.385. The Kier molecular flexibility index (Phi) is 2.98. The fourth-order valence-electron chi connectivity index (χ4n) is 2.30. The van der Waals surface area contributed by atoms with E-state index in [0.717, 1.165) is 17.9 Å². The number of aromatic nitrogens is 3. The molecule has 0 aromatic carbocycles.